The van der Waals surface area contributed by atoms with E-state index < -0.39 is 11.0 Å². The Morgan fingerprint density at radius 1 is 0.439 bits per heavy atom. The molecule has 0 radical (unpaired) electrons. The van der Waals surface area contributed by atoms with Gasteiger partial charge >= 0.3 is 11.0 Å². The Kier molecular flexibility index (Phi) is 28.7. The van der Waals surface area contributed by atoms with Crippen molar-refractivity contribution in [1.82, 2.24) is 0 Å². The Labute approximate surface area is 263 Å². The molecule has 1 aromatic rings. The van der Waals surface area contributed by atoms with Gasteiger partial charge in [-0.25, -0.2) is 0 Å². The fourth-order valence-electron chi connectivity index (χ4n) is 4.48. The summed E-state index contributed by atoms with van der Waals surface area (Å²) in [6.07, 6.45) is 24.3. The van der Waals surface area contributed by atoms with Crippen molar-refractivity contribution < 1.29 is 26.3 Å². The van der Waals surface area contributed by atoms with E-state index >= 15 is 0 Å². The fourth-order valence-corrected chi connectivity index (χ4v) is 6.03. The quantitative estimate of drug-likeness (QED) is 0.0567. The maximum Gasteiger partial charge on any atom is 0.441 e. The number of hydrogen-bond acceptors (Lipinski definition) is 2. The molecule has 0 bridgehead atoms. The zero-order valence-electron chi connectivity index (χ0n) is 24.8. The minimum absolute atomic E-state index is 0.109. The molecule has 0 aliphatic carbocycles. The van der Waals surface area contributed by atoms with E-state index in [0.717, 1.165) is 31.0 Å². The summed E-state index contributed by atoms with van der Waals surface area (Å²) in [6, 6.07) is 10.6. The summed E-state index contributed by atoms with van der Waals surface area (Å²) in [5.41, 5.74) is -6.67. The molecular formula is C32H53BrF6S2. The summed E-state index contributed by atoms with van der Waals surface area (Å²) in [5, 5.41) is 1.10. The maximum absolute atomic E-state index is 11.9. The lowest BCUT2D eigenvalue weighted by Crippen LogP contribution is -2.01. The SMILES string of the molecule is FC(F)(F)SCCCCCCCCCCCCBr.FC(F)(F)SCCCCCCCCCCCCc1ccccc1. The van der Waals surface area contributed by atoms with Crippen molar-refractivity contribution in [2.24, 2.45) is 0 Å². The molecule has 0 aromatic heterocycles. The van der Waals surface area contributed by atoms with Crippen LogP contribution >= 0.6 is 39.5 Å². The molecule has 0 fully saturated rings. The van der Waals surface area contributed by atoms with Gasteiger partial charge in [-0.15, -0.1) is 0 Å². The third-order valence-electron chi connectivity index (χ3n) is 6.76. The molecule has 0 amide bonds. The lowest BCUT2D eigenvalue weighted by atomic mass is 10.0. The van der Waals surface area contributed by atoms with Crippen LogP contribution in [0, 0.1) is 0 Å². The minimum atomic E-state index is -4.06. The van der Waals surface area contributed by atoms with E-state index in [0.29, 0.717) is 12.8 Å². The number of aryl methyl sites for hydroxylation is 1. The summed E-state index contributed by atoms with van der Waals surface area (Å²) < 4.78 is 71.2. The summed E-state index contributed by atoms with van der Waals surface area (Å²) in [5.74, 6) is 0.432. The second-order valence-electron chi connectivity index (χ2n) is 10.6. The van der Waals surface area contributed by atoms with Crippen molar-refractivity contribution in [2.75, 3.05) is 16.8 Å². The third-order valence-corrected chi connectivity index (χ3v) is 8.96. The van der Waals surface area contributed by atoms with Crippen molar-refractivity contribution in [2.45, 2.75) is 146 Å². The fraction of sp³-hybridized carbons (Fsp3) is 0.812. The van der Waals surface area contributed by atoms with Crippen LogP contribution < -0.4 is 0 Å². The normalized spacial score (nSPS) is 11.9. The largest absolute Gasteiger partial charge is 0.441 e. The van der Waals surface area contributed by atoms with E-state index in [1.165, 1.54) is 102 Å². The first-order chi connectivity index (χ1) is 19.6. The van der Waals surface area contributed by atoms with Crippen LogP contribution in [0.3, 0.4) is 0 Å². The molecule has 0 saturated heterocycles. The Balaban J connectivity index is 0.000000807. The van der Waals surface area contributed by atoms with Gasteiger partial charge in [-0.2, -0.15) is 26.3 Å². The van der Waals surface area contributed by atoms with Crippen LogP contribution in [0.2, 0.25) is 0 Å². The van der Waals surface area contributed by atoms with E-state index in [1.54, 1.807) is 0 Å². The zero-order chi connectivity index (χ0) is 30.5. The van der Waals surface area contributed by atoms with Gasteiger partial charge in [-0.3, -0.25) is 0 Å². The van der Waals surface area contributed by atoms with Gasteiger partial charge < -0.3 is 0 Å². The van der Waals surface area contributed by atoms with E-state index in [2.05, 4.69) is 46.3 Å². The highest BCUT2D eigenvalue weighted by Crippen LogP contribution is 2.31. The van der Waals surface area contributed by atoms with Gasteiger partial charge in [0.05, 0.1) is 0 Å². The number of unbranched alkanes of at least 4 members (excludes halogenated alkanes) is 18. The van der Waals surface area contributed by atoms with Crippen molar-refractivity contribution in [1.29, 1.82) is 0 Å². The lowest BCUT2D eigenvalue weighted by Gasteiger charge is -2.05. The highest BCUT2D eigenvalue weighted by molar-refractivity contribution is 9.09. The number of rotatable bonds is 25. The monoisotopic (exact) mass is 694 g/mol. The van der Waals surface area contributed by atoms with Crippen LogP contribution in [0.1, 0.15) is 134 Å². The smallest absolute Gasteiger partial charge is 0.160 e. The highest BCUT2D eigenvalue weighted by atomic mass is 79.9. The van der Waals surface area contributed by atoms with Gasteiger partial charge in [0.25, 0.3) is 0 Å². The summed E-state index contributed by atoms with van der Waals surface area (Å²) in [4.78, 5) is 0. The molecule has 0 heterocycles. The minimum Gasteiger partial charge on any atom is -0.160 e. The van der Waals surface area contributed by atoms with E-state index in [-0.39, 0.29) is 35.0 Å². The van der Waals surface area contributed by atoms with Crippen LogP contribution in [0.5, 0.6) is 0 Å². The number of thioether (sulfide) groups is 2. The molecule has 9 heteroatoms. The Morgan fingerprint density at radius 3 is 1.10 bits per heavy atom. The first-order valence-corrected chi connectivity index (χ1v) is 18.7. The average Bonchev–Trinajstić information content (AvgIpc) is 2.91. The molecule has 0 nitrogen and oxygen atoms in total. The molecule has 0 N–H and O–H groups in total. The third kappa shape index (κ3) is 36.1. The standard InChI is InChI=1S/C19H29F3S.C13H24BrF3S/c20-19(21,22)23-17-13-8-6-4-2-1-3-5-7-10-14-18-15-11-9-12-16-18;14-11-9-7-5-3-1-2-4-6-8-10-12-18-13(15,16)17/h9,11-12,15-16H,1-8,10,13-14,17H2;1-12H2. The van der Waals surface area contributed by atoms with Crippen molar-refractivity contribution in [3.8, 4) is 0 Å². The van der Waals surface area contributed by atoms with Crippen molar-refractivity contribution in [3.63, 3.8) is 0 Å². The Morgan fingerprint density at radius 2 is 0.756 bits per heavy atom. The Bertz CT molecular complexity index is 656. The molecule has 0 saturated carbocycles. The van der Waals surface area contributed by atoms with Gasteiger partial charge in [0.2, 0.25) is 0 Å². The average molecular weight is 696 g/mol. The topological polar surface area (TPSA) is 0 Å². The second-order valence-corrected chi connectivity index (χ2v) is 13.7. The molecule has 0 unspecified atom stereocenters. The van der Waals surface area contributed by atoms with E-state index in [9.17, 15) is 26.3 Å². The highest BCUT2D eigenvalue weighted by Gasteiger charge is 2.27. The summed E-state index contributed by atoms with van der Waals surface area (Å²) >= 11 is 3.63. The molecule has 1 rings (SSSR count). The first kappa shape index (κ1) is 41.0. The number of benzene rings is 1. The van der Waals surface area contributed by atoms with Crippen LogP contribution in [-0.4, -0.2) is 27.9 Å². The van der Waals surface area contributed by atoms with Gasteiger partial charge in [0.15, 0.2) is 0 Å². The van der Waals surface area contributed by atoms with Crippen LogP contribution in [0.15, 0.2) is 30.3 Å². The van der Waals surface area contributed by atoms with Crippen molar-refractivity contribution in [3.05, 3.63) is 35.9 Å². The molecule has 242 valence electrons. The van der Waals surface area contributed by atoms with E-state index in [1.807, 2.05) is 0 Å². The number of hydrogen-bond donors (Lipinski definition) is 0. The number of alkyl halides is 7. The molecule has 0 aliphatic rings. The van der Waals surface area contributed by atoms with Gasteiger partial charge in [-0.1, -0.05) is 173 Å². The molecule has 0 spiro atoms. The van der Waals surface area contributed by atoms with Gasteiger partial charge in [0, 0.05) is 16.8 Å². The van der Waals surface area contributed by atoms with Gasteiger partial charge in [0.1, 0.15) is 0 Å². The van der Waals surface area contributed by atoms with Crippen LogP contribution in [-0.2, 0) is 6.42 Å². The van der Waals surface area contributed by atoms with Crippen LogP contribution in [0.25, 0.3) is 0 Å². The molecule has 0 atom stereocenters. The van der Waals surface area contributed by atoms with Gasteiger partial charge in [-0.05, 0) is 37.7 Å². The van der Waals surface area contributed by atoms with E-state index in [4.69, 9.17) is 0 Å². The summed E-state index contributed by atoms with van der Waals surface area (Å²) in [7, 11) is 0. The van der Waals surface area contributed by atoms with Crippen LogP contribution in [0.4, 0.5) is 26.3 Å². The Hall–Kier alpha value is -0.0200. The first-order valence-electron chi connectivity index (χ1n) is 15.7. The maximum atomic E-state index is 11.9. The molecule has 41 heavy (non-hydrogen) atoms. The van der Waals surface area contributed by atoms with Crippen molar-refractivity contribution >= 4 is 39.5 Å². The second kappa shape index (κ2) is 28.7. The molecule has 0 aliphatic heterocycles. The predicted molar refractivity (Wildman–Crippen MR) is 173 cm³/mol. The predicted octanol–water partition coefficient (Wildman–Crippen LogP) is 13.9. The molecule has 1 aromatic carbocycles. The molecular weight excluding hydrogens is 642 g/mol. The number of halogens is 7. The summed E-state index contributed by atoms with van der Waals surface area (Å²) in [6.45, 7) is 0. The lowest BCUT2D eigenvalue weighted by molar-refractivity contribution is -0.0336. The zero-order valence-corrected chi connectivity index (χ0v) is 28.0.